The first-order valence-electron chi connectivity index (χ1n) is 7.53. The minimum atomic E-state index is -1.86. The largest absolute Gasteiger partial charge is 0.543 e. The van der Waals surface area contributed by atoms with Crippen LogP contribution in [0.3, 0.4) is 0 Å². The number of aryl methyl sites for hydroxylation is 2. The average molecular weight is 387 g/mol. The Morgan fingerprint density at radius 2 is 1.86 bits per heavy atom. The number of benzene rings is 1. The number of rotatable bonds is 5. The maximum atomic E-state index is 11.3. The van der Waals surface area contributed by atoms with Gasteiger partial charge in [0.1, 0.15) is 5.75 Å². The van der Waals surface area contributed by atoms with Gasteiger partial charge in [-0.25, -0.2) is 0 Å². The summed E-state index contributed by atoms with van der Waals surface area (Å²) in [7, 11) is -0.446. The van der Waals surface area contributed by atoms with Gasteiger partial charge >= 0.3 is 5.97 Å². The summed E-state index contributed by atoms with van der Waals surface area (Å²) >= 11 is 3.61. The summed E-state index contributed by atoms with van der Waals surface area (Å²) in [5, 5.41) is 0.157. The van der Waals surface area contributed by atoms with Gasteiger partial charge < -0.3 is 9.16 Å². The zero-order chi connectivity index (χ0) is 17.1. The van der Waals surface area contributed by atoms with E-state index in [-0.39, 0.29) is 11.0 Å². The van der Waals surface area contributed by atoms with Gasteiger partial charge in [-0.1, -0.05) is 20.8 Å². The molecule has 0 spiro atoms. The second-order valence-electron chi connectivity index (χ2n) is 7.15. The lowest BCUT2D eigenvalue weighted by atomic mass is 10.0. The van der Waals surface area contributed by atoms with E-state index in [0.29, 0.717) is 12.8 Å². The summed E-state index contributed by atoms with van der Waals surface area (Å²) in [6, 6.07) is 4.12. The molecule has 0 N–H and O–H groups in total. The maximum absolute atomic E-state index is 11.3. The summed E-state index contributed by atoms with van der Waals surface area (Å²) < 4.78 is 12.0. The Morgan fingerprint density at radius 1 is 1.27 bits per heavy atom. The van der Waals surface area contributed by atoms with Gasteiger partial charge in [-0.15, -0.1) is 0 Å². The van der Waals surface area contributed by atoms with Crippen LogP contribution in [0, 0.1) is 6.92 Å². The predicted octanol–water partition coefficient (Wildman–Crippen LogP) is 5.25. The first-order valence-corrected chi connectivity index (χ1v) is 11.2. The third kappa shape index (κ3) is 4.85. The monoisotopic (exact) mass is 386 g/mol. The van der Waals surface area contributed by atoms with E-state index in [1.165, 1.54) is 7.11 Å². The molecule has 0 aliphatic heterocycles. The van der Waals surface area contributed by atoms with Crippen molar-refractivity contribution < 1.29 is 14.0 Å². The summed E-state index contributed by atoms with van der Waals surface area (Å²) in [5.41, 5.74) is 2.28. The maximum Gasteiger partial charge on any atom is 0.305 e. The highest BCUT2D eigenvalue weighted by molar-refractivity contribution is 9.10. The molecule has 0 atom stereocenters. The molecule has 22 heavy (non-hydrogen) atoms. The molecule has 0 unspecified atom stereocenters. The molecule has 0 fully saturated rings. The zero-order valence-corrected chi connectivity index (χ0v) is 17.3. The molecule has 0 aliphatic carbocycles. The van der Waals surface area contributed by atoms with Crippen LogP contribution >= 0.6 is 15.9 Å². The molecule has 3 nitrogen and oxygen atoms in total. The Morgan fingerprint density at radius 3 is 2.36 bits per heavy atom. The first kappa shape index (κ1) is 19.2. The lowest BCUT2D eigenvalue weighted by Gasteiger charge is -2.37. The summed E-state index contributed by atoms with van der Waals surface area (Å²) in [4.78, 5) is 11.3. The Hall–Kier alpha value is -0.813. The predicted molar refractivity (Wildman–Crippen MR) is 97.0 cm³/mol. The number of carbonyl (C=O) groups is 1. The quantitative estimate of drug-likeness (QED) is 0.512. The highest BCUT2D eigenvalue weighted by Gasteiger charge is 2.39. The smallest absolute Gasteiger partial charge is 0.305 e. The molecule has 0 bridgehead atoms. The summed E-state index contributed by atoms with van der Waals surface area (Å²) in [6.07, 6.45) is 1.07. The average Bonchev–Trinajstić information content (AvgIpc) is 2.39. The minimum Gasteiger partial charge on any atom is -0.543 e. The molecular formula is C17H27BrO3Si. The molecule has 1 rings (SSSR count). The molecule has 0 aromatic heterocycles. The van der Waals surface area contributed by atoms with Crippen molar-refractivity contribution in [1.82, 2.24) is 0 Å². The van der Waals surface area contributed by atoms with Crippen LogP contribution in [-0.2, 0) is 16.0 Å². The lowest BCUT2D eigenvalue weighted by Crippen LogP contribution is -2.44. The van der Waals surface area contributed by atoms with Crippen LogP contribution in [0.4, 0.5) is 0 Å². The molecule has 0 radical (unpaired) electrons. The number of hydrogen-bond donors (Lipinski definition) is 0. The van der Waals surface area contributed by atoms with E-state index in [2.05, 4.69) is 68.9 Å². The van der Waals surface area contributed by atoms with Gasteiger partial charge in [0.2, 0.25) is 0 Å². The van der Waals surface area contributed by atoms with E-state index < -0.39 is 8.32 Å². The third-order valence-electron chi connectivity index (χ3n) is 4.39. The van der Waals surface area contributed by atoms with E-state index >= 15 is 0 Å². The normalized spacial score (nSPS) is 12.2. The lowest BCUT2D eigenvalue weighted by molar-refractivity contribution is -0.140. The fourth-order valence-corrected chi connectivity index (χ4v) is 3.46. The molecule has 0 heterocycles. The van der Waals surface area contributed by atoms with Gasteiger partial charge in [0.05, 0.1) is 11.6 Å². The van der Waals surface area contributed by atoms with E-state index in [4.69, 9.17) is 9.16 Å². The third-order valence-corrected chi connectivity index (χ3v) is 9.35. The molecule has 1 aromatic carbocycles. The van der Waals surface area contributed by atoms with Crippen LogP contribution in [-0.4, -0.2) is 21.4 Å². The van der Waals surface area contributed by atoms with Gasteiger partial charge in [0.25, 0.3) is 8.32 Å². The van der Waals surface area contributed by atoms with Crippen molar-refractivity contribution in [2.24, 2.45) is 0 Å². The van der Waals surface area contributed by atoms with Crippen LogP contribution in [0.15, 0.2) is 16.6 Å². The number of halogens is 1. The SMILES string of the molecule is COC(=O)CCc1cc(Br)c(O[Si](C)(C)C(C)(C)C)cc1C. The topological polar surface area (TPSA) is 35.5 Å². The molecule has 0 amide bonds. The van der Waals surface area contributed by atoms with E-state index in [9.17, 15) is 4.79 Å². The van der Waals surface area contributed by atoms with Crippen molar-refractivity contribution in [3.63, 3.8) is 0 Å². The zero-order valence-electron chi connectivity index (χ0n) is 14.7. The number of carbonyl (C=O) groups excluding carboxylic acids is 1. The van der Waals surface area contributed by atoms with Crippen molar-refractivity contribution in [2.45, 2.75) is 58.7 Å². The Labute approximate surface area is 143 Å². The second kappa shape index (κ2) is 7.17. The molecule has 124 valence electrons. The molecule has 0 saturated carbocycles. The Balaban J connectivity index is 2.97. The van der Waals surface area contributed by atoms with Crippen LogP contribution in [0.5, 0.6) is 5.75 Å². The van der Waals surface area contributed by atoms with E-state index in [1.807, 2.05) is 0 Å². The fraction of sp³-hybridized carbons (Fsp3) is 0.588. The van der Waals surface area contributed by atoms with Crippen molar-refractivity contribution in [3.8, 4) is 5.75 Å². The van der Waals surface area contributed by atoms with Crippen LogP contribution in [0.2, 0.25) is 18.1 Å². The van der Waals surface area contributed by atoms with Gasteiger partial charge in [0.15, 0.2) is 0 Å². The van der Waals surface area contributed by atoms with Crippen molar-refractivity contribution in [3.05, 3.63) is 27.7 Å². The van der Waals surface area contributed by atoms with Gasteiger partial charge in [-0.3, -0.25) is 4.79 Å². The van der Waals surface area contributed by atoms with Crippen LogP contribution < -0.4 is 4.43 Å². The van der Waals surface area contributed by atoms with Crippen LogP contribution in [0.1, 0.15) is 38.3 Å². The summed E-state index contributed by atoms with van der Waals surface area (Å²) in [5.74, 6) is 0.711. The molecule has 5 heteroatoms. The molecule has 0 saturated heterocycles. The Bertz CT molecular complexity index is 548. The van der Waals surface area contributed by atoms with Gasteiger partial charge in [0, 0.05) is 6.42 Å². The highest BCUT2D eigenvalue weighted by Crippen LogP contribution is 2.40. The van der Waals surface area contributed by atoms with E-state index in [1.54, 1.807) is 0 Å². The van der Waals surface area contributed by atoms with Gasteiger partial charge in [-0.2, -0.15) is 0 Å². The highest BCUT2D eigenvalue weighted by atomic mass is 79.9. The van der Waals surface area contributed by atoms with Crippen molar-refractivity contribution in [2.75, 3.05) is 7.11 Å². The van der Waals surface area contributed by atoms with Gasteiger partial charge in [-0.05, 0) is 70.7 Å². The minimum absolute atomic E-state index is 0.157. The molecule has 0 aliphatic rings. The van der Waals surface area contributed by atoms with E-state index in [0.717, 1.165) is 21.3 Å². The first-order chi connectivity index (χ1) is 9.98. The molecule has 1 aromatic rings. The number of esters is 1. The summed E-state index contributed by atoms with van der Waals surface area (Å²) in [6.45, 7) is 13.2. The fourth-order valence-electron chi connectivity index (χ4n) is 1.81. The van der Waals surface area contributed by atoms with Crippen molar-refractivity contribution >= 4 is 30.2 Å². The van der Waals surface area contributed by atoms with Crippen molar-refractivity contribution in [1.29, 1.82) is 0 Å². The number of ether oxygens (including phenoxy) is 1. The molecular weight excluding hydrogens is 360 g/mol. The second-order valence-corrected chi connectivity index (χ2v) is 12.7. The Kier molecular flexibility index (Phi) is 6.27. The van der Waals surface area contributed by atoms with Crippen LogP contribution in [0.25, 0.3) is 0 Å². The number of methoxy groups -OCH3 is 1. The number of hydrogen-bond acceptors (Lipinski definition) is 3. The standard InChI is InChI=1S/C17H27BrO3Si/c1-12-10-15(21-22(6,7)17(2,3)4)14(18)11-13(12)8-9-16(19)20-5/h10-11H,8-9H2,1-7H3.